The van der Waals surface area contributed by atoms with Crippen molar-refractivity contribution in [3.8, 4) is 0 Å². The molecule has 106 valence electrons. The minimum atomic E-state index is -4.58. The van der Waals surface area contributed by atoms with Crippen molar-refractivity contribution in [1.29, 1.82) is 0 Å². The molecule has 0 saturated heterocycles. The third-order valence-corrected chi connectivity index (χ3v) is 2.33. The van der Waals surface area contributed by atoms with E-state index in [1.165, 1.54) is 0 Å². The highest BCUT2D eigenvalue weighted by Crippen LogP contribution is 2.18. The van der Waals surface area contributed by atoms with E-state index >= 15 is 0 Å². The van der Waals surface area contributed by atoms with Crippen LogP contribution in [0.5, 0.6) is 0 Å². The number of rotatable bonds is 4. The Morgan fingerprint density at radius 3 is 2.74 bits per heavy atom. The summed E-state index contributed by atoms with van der Waals surface area (Å²) in [4.78, 5) is 22.3. The van der Waals surface area contributed by atoms with E-state index in [9.17, 15) is 22.8 Å². The number of esters is 1. The summed E-state index contributed by atoms with van der Waals surface area (Å²) in [5, 5.41) is 5.26. The highest BCUT2D eigenvalue weighted by Gasteiger charge is 2.29. The Labute approximate surface area is 110 Å². The monoisotopic (exact) mass is 299 g/mol. The predicted octanol–water partition coefficient (Wildman–Crippen LogP) is 1.04. The molecule has 0 aliphatic heterocycles. The Morgan fingerprint density at radius 1 is 1.58 bits per heavy atom. The summed E-state index contributed by atoms with van der Waals surface area (Å²) in [5.74, 6) is -0.629. The lowest BCUT2D eigenvalue weighted by molar-refractivity contribution is -0.143. The van der Waals surface area contributed by atoms with E-state index in [1.807, 2.05) is 0 Å². The summed E-state index contributed by atoms with van der Waals surface area (Å²) < 4.78 is 40.9. The highest BCUT2D eigenvalue weighted by molar-refractivity contribution is 6.33. The molecule has 0 spiro atoms. The average Bonchev–Trinajstić information content (AvgIpc) is 2.32. The third kappa shape index (κ3) is 4.43. The molecule has 0 unspecified atom stereocenters. The van der Waals surface area contributed by atoms with Gasteiger partial charge in [-0.2, -0.15) is 18.3 Å². The van der Waals surface area contributed by atoms with Crippen molar-refractivity contribution in [3.05, 3.63) is 21.6 Å². The Kier molecular flexibility index (Phi) is 4.76. The Bertz CT molecular complexity index is 530. The molecular formula is C9H9ClF3N3O3. The standard InChI is InChI=1S/C9H9ClF3N3O3/c1-19-6(17)3-14-5-2-15-16(4-9(11,12)13)8(18)7(5)10/h2,14H,3-4H2,1H3. The number of aromatic nitrogens is 2. The van der Waals surface area contributed by atoms with Crippen LogP contribution in [0.1, 0.15) is 0 Å². The van der Waals surface area contributed by atoms with Crippen LogP contribution in [0, 0.1) is 0 Å². The summed E-state index contributed by atoms with van der Waals surface area (Å²) in [6.45, 7) is -1.83. The summed E-state index contributed by atoms with van der Waals surface area (Å²) >= 11 is 5.60. The summed E-state index contributed by atoms with van der Waals surface area (Å²) in [6.07, 6.45) is -3.65. The second kappa shape index (κ2) is 5.91. The fourth-order valence-corrected chi connectivity index (χ4v) is 1.32. The van der Waals surface area contributed by atoms with E-state index in [-0.39, 0.29) is 16.9 Å². The maximum Gasteiger partial charge on any atom is 0.408 e. The maximum absolute atomic E-state index is 12.1. The number of nitrogens with zero attached hydrogens (tertiary/aromatic N) is 2. The van der Waals surface area contributed by atoms with E-state index in [0.717, 1.165) is 13.3 Å². The van der Waals surface area contributed by atoms with Gasteiger partial charge < -0.3 is 10.1 Å². The quantitative estimate of drug-likeness (QED) is 0.841. The van der Waals surface area contributed by atoms with E-state index in [0.29, 0.717) is 0 Å². The van der Waals surface area contributed by atoms with Crippen molar-refractivity contribution >= 4 is 23.3 Å². The van der Waals surface area contributed by atoms with Crippen LogP contribution in [-0.4, -0.2) is 35.6 Å². The first-order valence-electron chi connectivity index (χ1n) is 4.87. The Hall–Kier alpha value is -1.77. The molecule has 1 aromatic rings. The molecule has 0 radical (unpaired) electrons. The minimum Gasteiger partial charge on any atom is -0.468 e. The van der Waals surface area contributed by atoms with Crippen LogP contribution in [0.2, 0.25) is 5.02 Å². The first-order chi connectivity index (χ1) is 8.74. The van der Waals surface area contributed by atoms with Crippen LogP contribution in [0.15, 0.2) is 11.0 Å². The molecule has 0 saturated carbocycles. The molecule has 0 aliphatic rings. The molecule has 1 N–H and O–H groups in total. The van der Waals surface area contributed by atoms with E-state index in [4.69, 9.17) is 11.6 Å². The zero-order valence-electron chi connectivity index (χ0n) is 9.62. The number of carbonyl (C=O) groups is 1. The van der Waals surface area contributed by atoms with Gasteiger partial charge in [0.05, 0.1) is 19.0 Å². The molecule has 0 aliphatic carbocycles. The van der Waals surface area contributed by atoms with E-state index in [1.54, 1.807) is 0 Å². The van der Waals surface area contributed by atoms with Gasteiger partial charge >= 0.3 is 12.1 Å². The molecule has 10 heteroatoms. The minimum absolute atomic E-state index is 0.0458. The molecule has 0 atom stereocenters. The van der Waals surface area contributed by atoms with Gasteiger partial charge in [0, 0.05) is 0 Å². The molecular weight excluding hydrogens is 291 g/mol. The molecule has 6 nitrogen and oxygen atoms in total. The lowest BCUT2D eigenvalue weighted by Gasteiger charge is -2.11. The van der Waals surface area contributed by atoms with Crippen LogP contribution >= 0.6 is 11.6 Å². The summed E-state index contributed by atoms with van der Waals surface area (Å²) in [5.41, 5.74) is -1.15. The lowest BCUT2D eigenvalue weighted by atomic mass is 10.4. The lowest BCUT2D eigenvalue weighted by Crippen LogP contribution is -2.31. The number of nitrogens with one attached hydrogen (secondary N) is 1. The van der Waals surface area contributed by atoms with Gasteiger partial charge in [-0.25, -0.2) is 4.68 Å². The number of alkyl halides is 3. The zero-order valence-corrected chi connectivity index (χ0v) is 10.4. The predicted molar refractivity (Wildman–Crippen MR) is 60.1 cm³/mol. The van der Waals surface area contributed by atoms with E-state index in [2.05, 4.69) is 15.2 Å². The second-order valence-electron chi connectivity index (χ2n) is 3.38. The Morgan fingerprint density at radius 2 is 2.21 bits per heavy atom. The van der Waals surface area contributed by atoms with Crippen LogP contribution in [0.4, 0.5) is 18.9 Å². The van der Waals surface area contributed by atoms with E-state index < -0.39 is 29.3 Å². The van der Waals surface area contributed by atoms with Crippen LogP contribution < -0.4 is 10.9 Å². The molecule has 0 aromatic carbocycles. The van der Waals surface area contributed by atoms with Crippen molar-refractivity contribution in [1.82, 2.24) is 9.78 Å². The molecule has 1 aromatic heterocycles. The molecule has 0 fully saturated rings. The van der Waals surface area contributed by atoms with Gasteiger partial charge in [-0.3, -0.25) is 9.59 Å². The number of halogens is 4. The first-order valence-corrected chi connectivity index (χ1v) is 5.25. The van der Waals surface area contributed by atoms with Crippen molar-refractivity contribution in [2.24, 2.45) is 0 Å². The number of anilines is 1. The van der Waals surface area contributed by atoms with Gasteiger partial charge in [0.25, 0.3) is 5.56 Å². The van der Waals surface area contributed by atoms with Gasteiger partial charge in [-0.1, -0.05) is 11.6 Å². The average molecular weight is 300 g/mol. The number of hydrogen-bond acceptors (Lipinski definition) is 5. The van der Waals surface area contributed by atoms with Gasteiger partial charge in [0.15, 0.2) is 0 Å². The van der Waals surface area contributed by atoms with Crippen LogP contribution in [0.25, 0.3) is 0 Å². The fraction of sp³-hybridized carbons (Fsp3) is 0.444. The van der Waals surface area contributed by atoms with Crippen molar-refractivity contribution in [3.63, 3.8) is 0 Å². The molecule has 1 rings (SSSR count). The maximum atomic E-state index is 12.1. The highest BCUT2D eigenvalue weighted by atomic mass is 35.5. The van der Waals surface area contributed by atoms with Gasteiger partial charge in [0.1, 0.15) is 18.1 Å². The number of methoxy groups -OCH3 is 1. The smallest absolute Gasteiger partial charge is 0.408 e. The second-order valence-corrected chi connectivity index (χ2v) is 3.76. The summed E-state index contributed by atoms with van der Waals surface area (Å²) in [7, 11) is 1.16. The fourth-order valence-electron chi connectivity index (χ4n) is 1.11. The normalized spacial score (nSPS) is 11.2. The molecule has 0 amide bonds. The molecule has 1 heterocycles. The van der Waals surface area contributed by atoms with Crippen molar-refractivity contribution < 1.29 is 22.7 Å². The topological polar surface area (TPSA) is 73.2 Å². The number of ether oxygens (including phenoxy) is 1. The largest absolute Gasteiger partial charge is 0.468 e. The molecule has 0 bridgehead atoms. The van der Waals surface area contributed by atoms with Crippen LogP contribution in [-0.2, 0) is 16.1 Å². The van der Waals surface area contributed by atoms with Gasteiger partial charge in [-0.15, -0.1) is 0 Å². The van der Waals surface area contributed by atoms with Crippen molar-refractivity contribution in [2.45, 2.75) is 12.7 Å². The van der Waals surface area contributed by atoms with Gasteiger partial charge in [-0.05, 0) is 0 Å². The van der Waals surface area contributed by atoms with Crippen LogP contribution in [0.3, 0.4) is 0 Å². The van der Waals surface area contributed by atoms with Crippen molar-refractivity contribution in [2.75, 3.05) is 19.0 Å². The zero-order chi connectivity index (χ0) is 14.6. The number of carbonyl (C=O) groups excluding carboxylic acids is 1. The number of hydrogen-bond donors (Lipinski definition) is 1. The SMILES string of the molecule is COC(=O)CNc1cnn(CC(F)(F)F)c(=O)c1Cl. The van der Waals surface area contributed by atoms with Gasteiger partial charge in [0.2, 0.25) is 0 Å². The molecule has 19 heavy (non-hydrogen) atoms. The summed E-state index contributed by atoms with van der Waals surface area (Å²) in [6, 6.07) is 0. The Balaban J connectivity index is 2.92. The first kappa shape index (κ1) is 15.3. The third-order valence-electron chi connectivity index (χ3n) is 1.96.